The van der Waals surface area contributed by atoms with E-state index in [1.807, 2.05) is 12.3 Å². The Bertz CT molecular complexity index is 573. The van der Waals surface area contributed by atoms with Crippen LogP contribution in [0.5, 0.6) is 5.88 Å². The van der Waals surface area contributed by atoms with Gasteiger partial charge in [-0.05, 0) is 6.92 Å². The first kappa shape index (κ1) is 13.2. The number of nitro groups is 1. The van der Waals surface area contributed by atoms with Gasteiger partial charge in [-0.1, -0.05) is 0 Å². The highest BCUT2D eigenvalue weighted by atomic mass is 32.1. The molecule has 0 spiro atoms. The van der Waals surface area contributed by atoms with Crippen molar-refractivity contribution in [2.24, 2.45) is 0 Å². The molecule has 0 aliphatic heterocycles. The fraction of sp³-hybridized carbons (Fsp3) is 0.273. The third-order valence-electron chi connectivity index (χ3n) is 2.43. The lowest BCUT2D eigenvalue weighted by Gasteiger charge is -2.12. The summed E-state index contributed by atoms with van der Waals surface area (Å²) in [6.45, 7) is 1.86. The van der Waals surface area contributed by atoms with Crippen molar-refractivity contribution in [3.05, 3.63) is 38.8 Å². The summed E-state index contributed by atoms with van der Waals surface area (Å²) in [6.07, 6.45) is 1.69. The number of ether oxygens (including phenoxy) is 1. The number of anilines is 1. The number of nitrogens with one attached hydrogen (secondary N) is 1. The predicted molar refractivity (Wildman–Crippen MR) is 71.6 cm³/mol. The fourth-order valence-electron chi connectivity index (χ4n) is 1.52. The quantitative estimate of drug-likeness (QED) is 0.668. The van der Waals surface area contributed by atoms with Crippen molar-refractivity contribution in [2.45, 2.75) is 13.0 Å². The number of hydrogen-bond acceptors (Lipinski definition) is 7. The Morgan fingerprint density at radius 1 is 1.53 bits per heavy atom. The third kappa shape index (κ3) is 2.97. The van der Waals surface area contributed by atoms with Crippen LogP contribution in [0.15, 0.2) is 23.7 Å². The molecule has 2 aromatic heterocycles. The van der Waals surface area contributed by atoms with Crippen LogP contribution in [0.2, 0.25) is 0 Å². The average Bonchev–Trinajstić information content (AvgIpc) is 2.92. The smallest absolute Gasteiger partial charge is 0.311 e. The molecule has 2 aromatic rings. The van der Waals surface area contributed by atoms with Crippen LogP contribution in [0.3, 0.4) is 0 Å². The maximum Gasteiger partial charge on any atom is 0.311 e. The lowest BCUT2D eigenvalue weighted by atomic mass is 10.3. The van der Waals surface area contributed by atoms with E-state index in [1.165, 1.54) is 30.6 Å². The van der Waals surface area contributed by atoms with Crippen LogP contribution in [0.1, 0.15) is 18.0 Å². The molecule has 0 aliphatic carbocycles. The van der Waals surface area contributed by atoms with Crippen LogP contribution >= 0.6 is 11.3 Å². The van der Waals surface area contributed by atoms with Gasteiger partial charge in [-0.3, -0.25) is 10.1 Å². The van der Waals surface area contributed by atoms with E-state index in [4.69, 9.17) is 4.74 Å². The minimum Gasteiger partial charge on any atom is -0.481 e. The number of rotatable bonds is 5. The largest absolute Gasteiger partial charge is 0.481 e. The van der Waals surface area contributed by atoms with E-state index in [1.54, 1.807) is 6.20 Å². The first-order valence-corrected chi connectivity index (χ1v) is 6.35. The van der Waals surface area contributed by atoms with Crippen molar-refractivity contribution < 1.29 is 9.66 Å². The first-order chi connectivity index (χ1) is 9.11. The monoisotopic (exact) mass is 280 g/mol. The summed E-state index contributed by atoms with van der Waals surface area (Å²) in [4.78, 5) is 18.7. The van der Waals surface area contributed by atoms with Gasteiger partial charge < -0.3 is 10.1 Å². The number of pyridine rings is 1. The second-order valence-corrected chi connectivity index (χ2v) is 4.64. The number of methoxy groups -OCH3 is 1. The summed E-state index contributed by atoms with van der Waals surface area (Å²) in [7, 11) is 1.46. The highest BCUT2D eigenvalue weighted by molar-refractivity contribution is 7.09. The second kappa shape index (κ2) is 5.61. The number of nitrogens with zero attached hydrogens (tertiary/aromatic N) is 3. The molecular weight excluding hydrogens is 268 g/mol. The zero-order valence-electron chi connectivity index (χ0n) is 10.4. The van der Waals surface area contributed by atoms with Gasteiger partial charge in [0.15, 0.2) is 0 Å². The molecule has 2 rings (SSSR count). The molecule has 0 radical (unpaired) electrons. The van der Waals surface area contributed by atoms with Crippen molar-refractivity contribution in [3.8, 4) is 5.88 Å². The third-order valence-corrected chi connectivity index (χ3v) is 3.39. The minimum absolute atomic E-state index is 0.0933. The number of thiazole rings is 1. The summed E-state index contributed by atoms with van der Waals surface area (Å²) in [5.41, 5.74) is -0.0933. The summed E-state index contributed by atoms with van der Waals surface area (Å²) in [5, 5.41) is 16.6. The molecule has 0 saturated heterocycles. The summed E-state index contributed by atoms with van der Waals surface area (Å²) >= 11 is 1.47. The summed E-state index contributed by atoms with van der Waals surface area (Å²) in [5.74, 6) is 0.492. The van der Waals surface area contributed by atoms with Gasteiger partial charge in [0.2, 0.25) is 11.7 Å². The van der Waals surface area contributed by atoms with Crippen molar-refractivity contribution in [1.82, 2.24) is 9.97 Å². The highest BCUT2D eigenvalue weighted by Crippen LogP contribution is 2.28. The molecule has 2 heterocycles. The topological polar surface area (TPSA) is 90.2 Å². The second-order valence-electron chi connectivity index (χ2n) is 3.71. The fourth-order valence-corrected chi connectivity index (χ4v) is 2.16. The van der Waals surface area contributed by atoms with E-state index in [0.717, 1.165) is 5.01 Å². The van der Waals surface area contributed by atoms with E-state index in [0.29, 0.717) is 5.88 Å². The van der Waals surface area contributed by atoms with Gasteiger partial charge in [0.25, 0.3) is 0 Å². The molecule has 0 amide bonds. The molecule has 0 aromatic carbocycles. The van der Waals surface area contributed by atoms with Gasteiger partial charge in [0.05, 0.1) is 18.1 Å². The molecule has 19 heavy (non-hydrogen) atoms. The van der Waals surface area contributed by atoms with E-state index < -0.39 is 4.92 Å². The van der Waals surface area contributed by atoms with Gasteiger partial charge >= 0.3 is 5.69 Å². The first-order valence-electron chi connectivity index (χ1n) is 5.47. The molecule has 100 valence electrons. The minimum atomic E-state index is -0.483. The predicted octanol–water partition coefficient (Wildman–Crippen LogP) is 2.63. The summed E-state index contributed by atoms with van der Waals surface area (Å²) in [6, 6.07) is 2.65. The molecule has 0 bridgehead atoms. The molecule has 0 aliphatic rings. The van der Waals surface area contributed by atoms with Crippen molar-refractivity contribution in [3.63, 3.8) is 0 Å². The molecule has 1 N–H and O–H groups in total. The number of aromatic nitrogens is 2. The van der Waals surface area contributed by atoms with Crippen molar-refractivity contribution >= 4 is 22.8 Å². The van der Waals surface area contributed by atoms with Crippen molar-refractivity contribution in [1.29, 1.82) is 0 Å². The van der Waals surface area contributed by atoms with Gasteiger partial charge in [-0.25, -0.2) is 4.98 Å². The van der Waals surface area contributed by atoms with Crippen LogP contribution in [0.4, 0.5) is 11.5 Å². The molecule has 1 unspecified atom stereocenters. The zero-order valence-corrected chi connectivity index (χ0v) is 11.2. The summed E-state index contributed by atoms with van der Waals surface area (Å²) < 4.78 is 4.98. The Balaban J connectivity index is 2.29. The normalized spacial score (nSPS) is 11.9. The Kier molecular flexibility index (Phi) is 3.91. The van der Waals surface area contributed by atoms with E-state index >= 15 is 0 Å². The van der Waals surface area contributed by atoms with Crippen LogP contribution in [-0.4, -0.2) is 22.0 Å². The molecule has 0 fully saturated rings. The zero-order chi connectivity index (χ0) is 13.8. The van der Waals surface area contributed by atoms with Crippen LogP contribution in [0.25, 0.3) is 0 Å². The van der Waals surface area contributed by atoms with Crippen molar-refractivity contribution in [2.75, 3.05) is 12.4 Å². The lowest BCUT2D eigenvalue weighted by molar-refractivity contribution is -0.384. The van der Waals surface area contributed by atoms with Gasteiger partial charge in [-0.15, -0.1) is 11.3 Å². The SMILES string of the molecule is COc1ccc([N+](=O)[O-])c(NC(C)c2nccs2)n1. The maximum atomic E-state index is 11.0. The molecular formula is C11H12N4O3S. The lowest BCUT2D eigenvalue weighted by Crippen LogP contribution is -2.10. The van der Waals surface area contributed by atoms with Crippen LogP contribution in [0, 0.1) is 10.1 Å². The van der Waals surface area contributed by atoms with Crippen LogP contribution in [-0.2, 0) is 0 Å². The Morgan fingerprint density at radius 3 is 2.89 bits per heavy atom. The molecule has 0 saturated carbocycles. The Labute approximate surface area is 113 Å². The van der Waals surface area contributed by atoms with Gasteiger partial charge in [0.1, 0.15) is 5.01 Å². The highest BCUT2D eigenvalue weighted by Gasteiger charge is 2.19. The van der Waals surface area contributed by atoms with E-state index in [9.17, 15) is 10.1 Å². The standard InChI is InChI=1S/C11H12N4O3S/c1-7(11-12-5-6-19-11)13-10-8(15(16)17)3-4-9(14-10)18-2/h3-7H,1-2H3,(H,13,14). The Morgan fingerprint density at radius 2 is 2.32 bits per heavy atom. The molecule has 8 heteroatoms. The maximum absolute atomic E-state index is 11.0. The van der Waals surface area contributed by atoms with E-state index in [-0.39, 0.29) is 17.5 Å². The van der Waals surface area contributed by atoms with E-state index in [2.05, 4.69) is 15.3 Å². The van der Waals surface area contributed by atoms with Crippen LogP contribution < -0.4 is 10.1 Å². The van der Waals surface area contributed by atoms with Gasteiger partial charge in [0, 0.05) is 23.7 Å². The Hall–Kier alpha value is -2.22. The molecule has 7 nitrogen and oxygen atoms in total. The van der Waals surface area contributed by atoms with Gasteiger partial charge in [-0.2, -0.15) is 4.98 Å². The number of hydrogen-bond donors (Lipinski definition) is 1. The average molecular weight is 280 g/mol. The molecule has 1 atom stereocenters.